The van der Waals surface area contributed by atoms with E-state index in [-0.39, 0.29) is 24.8 Å². The second kappa shape index (κ2) is 9.56. The molecule has 154 valence electrons. The zero-order valence-corrected chi connectivity index (χ0v) is 17.0. The lowest BCUT2D eigenvalue weighted by atomic mass is 9.98. The maximum absolute atomic E-state index is 12.7. The summed E-state index contributed by atoms with van der Waals surface area (Å²) in [5, 5.41) is 14.2. The number of thiophene rings is 1. The third kappa shape index (κ3) is 4.95. The normalized spacial score (nSPS) is 17.0. The summed E-state index contributed by atoms with van der Waals surface area (Å²) in [5.74, 6) is -1.62. The number of nitrogens with one attached hydrogen (secondary N) is 1. The van der Waals surface area contributed by atoms with Gasteiger partial charge in [-0.2, -0.15) is 0 Å². The molecular weight excluding hydrogens is 392 g/mol. The highest BCUT2D eigenvalue weighted by atomic mass is 32.1. The summed E-state index contributed by atoms with van der Waals surface area (Å²) in [6, 6.07) is 10.2. The Morgan fingerprint density at radius 1 is 1.28 bits per heavy atom. The van der Waals surface area contributed by atoms with Crippen molar-refractivity contribution in [2.75, 3.05) is 20.2 Å². The summed E-state index contributed by atoms with van der Waals surface area (Å²) < 4.78 is 5.29. The van der Waals surface area contributed by atoms with E-state index < -0.39 is 17.9 Å². The molecule has 0 aliphatic carbocycles. The van der Waals surface area contributed by atoms with Crippen molar-refractivity contribution in [1.82, 2.24) is 10.2 Å². The van der Waals surface area contributed by atoms with E-state index in [9.17, 15) is 19.5 Å². The minimum atomic E-state index is -0.992. The SMILES string of the molecule is COc1ccccc1C[C@H](CNC(=O)[C@H]1CCCN1C(=O)c1cccs1)C(=O)O. The molecular formula is C21H24N2O5S. The van der Waals surface area contributed by atoms with Gasteiger partial charge in [0, 0.05) is 13.1 Å². The van der Waals surface area contributed by atoms with Gasteiger partial charge in [-0.1, -0.05) is 24.3 Å². The molecule has 2 amide bonds. The van der Waals surface area contributed by atoms with Crippen LogP contribution >= 0.6 is 11.3 Å². The molecule has 1 saturated heterocycles. The number of ether oxygens (including phenoxy) is 1. The van der Waals surface area contributed by atoms with Crippen LogP contribution in [-0.2, 0) is 16.0 Å². The Morgan fingerprint density at radius 2 is 2.07 bits per heavy atom. The maximum atomic E-state index is 12.7. The third-order valence-corrected chi connectivity index (χ3v) is 5.94. The number of carboxylic acids is 1. The number of amides is 2. The summed E-state index contributed by atoms with van der Waals surface area (Å²) in [4.78, 5) is 39.2. The number of carbonyl (C=O) groups excluding carboxylic acids is 2. The van der Waals surface area contributed by atoms with Gasteiger partial charge in [0.15, 0.2) is 0 Å². The first kappa shape index (κ1) is 20.9. The summed E-state index contributed by atoms with van der Waals surface area (Å²) >= 11 is 1.35. The van der Waals surface area contributed by atoms with Crippen molar-refractivity contribution in [1.29, 1.82) is 0 Å². The molecule has 1 fully saturated rings. The van der Waals surface area contributed by atoms with Gasteiger partial charge in [-0.05, 0) is 42.3 Å². The van der Waals surface area contributed by atoms with Crippen molar-refractivity contribution >= 4 is 29.1 Å². The number of hydrogen-bond donors (Lipinski definition) is 2. The van der Waals surface area contributed by atoms with E-state index in [2.05, 4.69) is 5.32 Å². The molecule has 2 atom stereocenters. The molecule has 7 nitrogen and oxygen atoms in total. The fourth-order valence-electron chi connectivity index (χ4n) is 3.55. The van der Waals surface area contributed by atoms with E-state index in [0.29, 0.717) is 23.6 Å². The number of nitrogens with zero attached hydrogens (tertiary/aromatic N) is 1. The summed E-state index contributed by atoms with van der Waals surface area (Å²) in [6.07, 6.45) is 1.56. The first-order valence-electron chi connectivity index (χ1n) is 9.48. The van der Waals surface area contributed by atoms with Gasteiger partial charge in [-0.3, -0.25) is 14.4 Å². The van der Waals surface area contributed by atoms with E-state index in [1.807, 2.05) is 23.6 Å². The number of rotatable bonds is 8. The van der Waals surface area contributed by atoms with Gasteiger partial charge in [0.1, 0.15) is 11.8 Å². The highest BCUT2D eigenvalue weighted by Gasteiger charge is 2.35. The number of carbonyl (C=O) groups is 3. The standard InChI is InChI=1S/C21H24N2O5S/c1-28-17-8-3-2-6-14(17)12-15(21(26)27)13-22-19(24)16-7-4-10-23(16)20(25)18-9-5-11-29-18/h2-3,5-6,8-9,11,15-16H,4,7,10,12-13H2,1H3,(H,22,24)(H,26,27)/t15-,16-/m1/s1. The van der Waals surface area contributed by atoms with Gasteiger partial charge >= 0.3 is 5.97 Å². The Bertz CT molecular complexity index is 868. The molecule has 0 bridgehead atoms. The number of likely N-dealkylation sites (tertiary alicyclic amines) is 1. The molecule has 2 N–H and O–H groups in total. The summed E-state index contributed by atoms with van der Waals surface area (Å²) in [5.41, 5.74) is 0.770. The molecule has 1 aromatic carbocycles. The minimum absolute atomic E-state index is 0.0102. The molecule has 2 heterocycles. The van der Waals surface area contributed by atoms with Crippen molar-refractivity contribution in [2.24, 2.45) is 5.92 Å². The fourth-order valence-corrected chi connectivity index (χ4v) is 4.23. The first-order valence-corrected chi connectivity index (χ1v) is 10.4. The number of aliphatic carboxylic acids is 1. The van der Waals surface area contributed by atoms with E-state index in [0.717, 1.165) is 12.0 Å². The van der Waals surface area contributed by atoms with Crippen LogP contribution in [0.4, 0.5) is 0 Å². The number of para-hydroxylation sites is 1. The minimum Gasteiger partial charge on any atom is -0.496 e. The molecule has 0 saturated carbocycles. The van der Waals surface area contributed by atoms with Gasteiger partial charge in [0.25, 0.3) is 5.91 Å². The van der Waals surface area contributed by atoms with Crippen LogP contribution in [0.2, 0.25) is 0 Å². The maximum Gasteiger partial charge on any atom is 0.308 e. The van der Waals surface area contributed by atoms with Crippen LogP contribution < -0.4 is 10.1 Å². The van der Waals surface area contributed by atoms with Gasteiger partial charge < -0.3 is 20.1 Å². The smallest absolute Gasteiger partial charge is 0.308 e. The van der Waals surface area contributed by atoms with Crippen LogP contribution in [-0.4, -0.2) is 54.0 Å². The lowest BCUT2D eigenvalue weighted by molar-refractivity contribution is -0.141. The van der Waals surface area contributed by atoms with E-state index in [1.54, 1.807) is 23.1 Å². The van der Waals surface area contributed by atoms with Crippen molar-refractivity contribution in [2.45, 2.75) is 25.3 Å². The molecule has 2 aromatic rings. The van der Waals surface area contributed by atoms with Crippen molar-refractivity contribution < 1.29 is 24.2 Å². The molecule has 0 spiro atoms. The third-order valence-electron chi connectivity index (χ3n) is 5.08. The van der Waals surface area contributed by atoms with Crippen LogP contribution in [0.25, 0.3) is 0 Å². The Morgan fingerprint density at radius 3 is 2.76 bits per heavy atom. The lowest BCUT2D eigenvalue weighted by Crippen LogP contribution is -2.47. The number of methoxy groups -OCH3 is 1. The molecule has 1 aliphatic rings. The fraction of sp³-hybridized carbons (Fsp3) is 0.381. The number of carboxylic acid groups (broad SMARTS) is 1. The van der Waals surface area contributed by atoms with Gasteiger partial charge in [-0.25, -0.2) is 0 Å². The molecule has 1 aliphatic heterocycles. The second-order valence-corrected chi connectivity index (χ2v) is 7.88. The Labute approximate surface area is 173 Å². The zero-order valence-electron chi connectivity index (χ0n) is 16.2. The quantitative estimate of drug-likeness (QED) is 0.689. The highest BCUT2D eigenvalue weighted by Crippen LogP contribution is 2.23. The Kier molecular flexibility index (Phi) is 6.87. The summed E-state index contributed by atoms with van der Waals surface area (Å²) in [7, 11) is 1.54. The molecule has 8 heteroatoms. The largest absolute Gasteiger partial charge is 0.496 e. The van der Waals surface area contributed by atoms with Gasteiger partial charge in [-0.15, -0.1) is 11.3 Å². The molecule has 29 heavy (non-hydrogen) atoms. The molecule has 3 rings (SSSR count). The van der Waals surface area contributed by atoms with E-state index >= 15 is 0 Å². The van der Waals surface area contributed by atoms with Crippen LogP contribution in [0, 0.1) is 5.92 Å². The Balaban J connectivity index is 1.62. The average Bonchev–Trinajstić information content (AvgIpc) is 3.42. The molecule has 1 aromatic heterocycles. The molecule has 0 unspecified atom stereocenters. The second-order valence-electron chi connectivity index (χ2n) is 6.93. The summed E-state index contributed by atoms with van der Waals surface area (Å²) in [6.45, 7) is 0.516. The van der Waals surface area contributed by atoms with Crippen LogP contribution in [0.3, 0.4) is 0 Å². The predicted octanol–water partition coefficient (Wildman–Crippen LogP) is 2.42. The van der Waals surface area contributed by atoms with Crippen molar-refractivity contribution in [3.8, 4) is 5.75 Å². The topological polar surface area (TPSA) is 95.9 Å². The van der Waals surface area contributed by atoms with E-state index in [4.69, 9.17) is 4.74 Å². The van der Waals surface area contributed by atoms with Crippen molar-refractivity contribution in [3.05, 3.63) is 52.2 Å². The lowest BCUT2D eigenvalue weighted by Gasteiger charge is -2.24. The van der Waals surface area contributed by atoms with Gasteiger partial charge in [0.2, 0.25) is 5.91 Å². The van der Waals surface area contributed by atoms with Crippen LogP contribution in [0.15, 0.2) is 41.8 Å². The van der Waals surface area contributed by atoms with E-state index in [1.165, 1.54) is 18.4 Å². The van der Waals surface area contributed by atoms with Gasteiger partial charge in [0.05, 0.1) is 17.9 Å². The number of benzene rings is 1. The molecule has 0 radical (unpaired) electrons. The average molecular weight is 416 g/mol. The number of hydrogen-bond acceptors (Lipinski definition) is 5. The highest BCUT2D eigenvalue weighted by molar-refractivity contribution is 7.12. The predicted molar refractivity (Wildman–Crippen MR) is 109 cm³/mol. The van der Waals surface area contributed by atoms with Crippen LogP contribution in [0.5, 0.6) is 5.75 Å². The Hall–Kier alpha value is -2.87. The monoisotopic (exact) mass is 416 g/mol. The van der Waals surface area contributed by atoms with Crippen molar-refractivity contribution in [3.63, 3.8) is 0 Å². The van der Waals surface area contributed by atoms with Crippen LogP contribution in [0.1, 0.15) is 28.1 Å². The first-order chi connectivity index (χ1) is 14.0. The zero-order chi connectivity index (χ0) is 20.8.